The van der Waals surface area contributed by atoms with E-state index in [2.05, 4.69) is 27.5 Å². The van der Waals surface area contributed by atoms with Gasteiger partial charge in [-0.3, -0.25) is 0 Å². The summed E-state index contributed by atoms with van der Waals surface area (Å²) in [6.07, 6.45) is 0. The van der Waals surface area contributed by atoms with Gasteiger partial charge in [0.05, 0.1) is 12.3 Å². The van der Waals surface area contributed by atoms with Gasteiger partial charge in [0.15, 0.2) is 5.13 Å². The Morgan fingerprint density at radius 3 is 3.07 bits per heavy atom. The predicted molar refractivity (Wildman–Crippen MR) is 64.6 cm³/mol. The first-order chi connectivity index (χ1) is 7.27. The first-order valence-corrected chi connectivity index (χ1v) is 6.01. The van der Waals surface area contributed by atoms with E-state index in [0.29, 0.717) is 0 Å². The molecule has 0 aliphatic rings. The first kappa shape index (κ1) is 12.4. The maximum absolute atomic E-state index is 5.03. The number of aromatic nitrogens is 1. The van der Waals surface area contributed by atoms with Gasteiger partial charge in [-0.2, -0.15) is 0 Å². The fraction of sp³-hybridized carbons (Fsp3) is 0.700. The molecule has 1 aromatic rings. The smallest absolute Gasteiger partial charge is 0.185 e. The van der Waals surface area contributed by atoms with Crippen LogP contribution in [0.2, 0.25) is 0 Å². The molecule has 0 bridgehead atoms. The van der Waals surface area contributed by atoms with Gasteiger partial charge in [-0.1, -0.05) is 6.92 Å². The van der Waals surface area contributed by atoms with E-state index >= 15 is 0 Å². The number of nitrogens with one attached hydrogen (secondary N) is 1. The van der Waals surface area contributed by atoms with E-state index in [9.17, 15) is 0 Å². The highest BCUT2D eigenvalue weighted by Gasteiger charge is 2.05. The average Bonchev–Trinajstić information content (AvgIpc) is 2.71. The summed E-state index contributed by atoms with van der Waals surface area (Å²) in [4.78, 5) is 6.64. The molecule has 0 amide bonds. The third kappa shape index (κ3) is 4.15. The molecule has 1 N–H and O–H groups in total. The van der Waals surface area contributed by atoms with Crippen LogP contribution in [0.4, 0.5) is 5.13 Å². The van der Waals surface area contributed by atoms with E-state index in [1.807, 2.05) is 7.05 Å². The third-order valence-electron chi connectivity index (χ3n) is 2.05. The summed E-state index contributed by atoms with van der Waals surface area (Å²) in [6, 6.07) is 0. The van der Waals surface area contributed by atoms with Crippen LogP contribution in [0.25, 0.3) is 0 Å². The molecule has 0 aliphatic carbocycles. The molecule has 1 heterocycles. The maximum atomic E-state index is 5.03. The zero-order valence-corrected chi connectivity index (χ0v) is 10.4. The lowest BCUT2D eigenvalue weighted by Crippen LogP contribution is -2.22. The second-order valence-corrected chi connectivity index (χ2v) is 4.15. The highest BCUT2D eigenvalue weighted by molar-refractivity contribution is 7.13. The molecule has 1 rings (SSSR count). The van der Waals surface area contributed by atoms with Crippen molar-refractivity contribution >= 4 is 16.5 Å². The molecule has 0 aromatic carbocycles. The van der Waals surface area contributed by atoms with Crippen molar-refractivity contribution in [3.8, 4) is 0 Å². The highest BCUT2D eigenvalue weighted by Crippen LogP contribution is 2.18. The largest absolute Gasteiger partial charge is 0.383 e. The number of nitrogens with zero attached hydrogens (tertiary/aromatic N) is 2. The number of rotatable bonds is 7. The Kier molecular flexibility index (Phi) is 5.60. The minimum absolute atomic E-state index is 0.735. The monoisotopic (exact) mass is 229 g/mol. The summed E-state index contributed by atoms with van der Waals surface area (Å²) in [6.45, 7) is 5.54. The average molecular weight is 229 g/mol. The van der Waals surface area contributed by atoms with Crippen LogP contribution in [0.3, 0.4) is 0 Å². The number of hydrogen-bond acceptors (Lipinski definition) is 5. The van der Waals surface area contributed by atoms with E-state index < -0.39 is 0 Å². The van der Waals surface area contributed by atoms with Crippen molar-refractivity contribution in [3.05, 3.63) is 11.1 Å². The molecule has 0 atom stereocenters. The minimum atomic E-state index is 0.735. The second kappa shape index (κ2) is 6.76. The number of hydrogen-bond donors (Lipinski definition) is 1. The number of anilines is 1. The Hall–Kier alpha value is -0.650. The molecule has 4 nitrogen and oxygen atoms in total. The van der Waals surface area contributed by atoms with Crippen molar-refractivity contribution in [1.82, 2.24) is 10.3 Å². The molecule has 5 heteroatoms. The van der Waals surface area contributed by atoms with Crippen molar-refractivity contribution in [3.63, 3.8) is 0 Å². The zero-order chi connectivity index (χ0) is 11.1. The lowest BCUT2D eigenvalue weighted by Gasteiger charge is -2.14. The number of thiazole rings is 1. The molecular weight excluding hydrogens is 210 g/mol. The zero-order valence-electron chi connectivity index (χ0n) is 9.62. The molecule has 0 saturated heterocycles. The van der Waals surface area contributed by atoms with Crippen molar-refractivity contribution < 1.29 is 4.74 Å². The van der Waals surface area contributed by atoms with Crippen LogP contribution in [0.5, 0.6) is 0 Å². The van der Waals surface area contributed by atoms with Gasteiger partial charge in [0.25, 0.3) is 0 Å². The van der Waals surface area contributed by atoms with Crippen molar-refractivity contribution in [1.29, 1.82) is 0 Å². The Balaban J connectivity index is 2.43. The molecule has 15 heavy (non-hydrogen) atoms. The minimum Gasteiger partial charge on any atom is -0.383 e. The fourth-order valence-corrected chi connectivity index (χ4v) is 1.95. The Morgan fingerprint density at radius 1 is 1.60 bits per heavy atom. The van der Waals surface area contributed by atoms with Crippen LogP contribution >= 0.6 is 11.3 Å². The molecular formula is C10H19N3OS. The van der Waals surface area contributed by atoms with E-state index in [1.165, 1.54) is 0 Å². The Labute approximate surface area is 95.3 Å². The molecule has 0 spiro atoms. The first-order valence-electron chi connectivity index (χ1n) is 5.13. The van der Waals surface area contributed by atoms with Gasteiger partial charge in [-0.05, 0) is 6.54 Å². The van der Waals surface area contributed by atoms with Crippen LogP contribution in [-0.2, 0) is 11.3 Å². The van der Waals surface area contributed by atoms with Crippen LogP contribution in [0.1, 0.15) is 12.6 Å². The molecule has 0 fully saturated rings. The van der Waals surface area contributed by atoms with Gasteiger partial charge < -0.3 is 15.0 Å². The molecule has 0 saturated carbocycles. The number of likely N-dealkylation sites (N-methyl/N-ethyl adjacent to an activating group) is 1. The summed E-state index contributed by atoms with van der Waals surface area (Å²) in [5.74, 6) is 0. The standard InChI is InChI=1S/C10H19N3OS/c1-4-11-7-9-8-15-10(12-9)13(2)5-6-14-3/h8,11H,4-7H2,1-3H3. The molecule has 0 aliphatic heterocycles. The van der Waals surface area contributed by atoms with E-state index in [4.69, 9.17) is 4.74 Å². The Morgan fingerprint density at radius 2 is 2.40 bits per heavy atom. The second-order valence-electron chi connectivity index (χ2n) is 3.32. The fourth-order valence-electron chi connectivity index (χ4n) is 1.13. The molecule has 0 radical (unpaired) electrons. The number of ether oxygens (including phenoxy) is 1. The van der Waals surface area contributed by atoms with Gasteiger partial charge >= 0.3 is 0 Å². The quantitative estimate of drug-likeness (QED) is 0.765. The van der Waals surface area contributed by atoms with Crippen molar-refractivity contribution in [2.75, 3.05) is 38.8 Å². The van der Waals surface area contributed by atoms with Crippen molar-refractivity contribution in [2.45, 2.75) is 13.5 Å². The molecule has 0 unspecified atom stereocenters. The molecule has 86 valence electrons. The van der Waals surface area contributed by atoms with E-state index in [-0.39, 0.29) is 0 Å². The predicted octanol–water partition coefficient (Wildman–Crippen LogP) is 1.34. The van der Waals surface area contributed by atoms with Gasteiger partial charge in [-0.25, -0.2) is 4.98 Å². The lowest BCUT2D eigenvalue weighted by molar-refractivity contribution is 0.206. The summed E-state index contributed by atoms with van der Waals surface area (Å²) in [7, 11) is 3.75. The SMILES string of the molecule is CCNCc1csc(N(C)CCOC)n1. The third-order valence-corrected chi connectivity index (χ3v) is 3.06. The lowest BCUT2D eigenvalue weighted by atomic mass is 10.5. The summed E-state index contributed by atoms with van der Waals surface area (Å²) >= 11 is 1.68. The van der Waals surface area contributed by atoms with Crippen LogP contribution in [0.15, 0.2) is 5.38 Å². The van der Waals surface area contributed by atoms with E-state index in [0.717, 1.165) is 37.1 Å². The van der Waals surface area contributed by atoms with E-state index in [1.54, 1.807) is 18.4 Å². The summed E-state index contributed by atoms with van der Waals surface area (Å²) < 4.78 is 5.03. The topological polar surface area (TPSA) is 37.4 Å². The highest BCUT2D eigenvalue weighted by atomic mass is 32.1. The van der Waals surface area contributed by atoms with Gasteiger partial charge in [-0.15, -0.1) is 11.3 Å². The molecule has 1 aromatic heterocycles. The Bertz CT molecular complexity index is 277. The van der Waals surface area contributed by atoms with Gasteiger partial charge in [0.1, 0.15) is 0 Å². The van der Waals surface area contributed by atoms with Crippen molar-refractivity contribution in [2.24, 2.45) is 0 Å². The van der Waals surface area contributed by atoms with Gasteiger partial charge in [0.2, 0.25) is 0 Å². The maximum Gasteiger partial charge on any atom is 0.185 e. The van der Waals surface area contributed by atoms with Crippen LogP contribution in [0, 0.1) is 0 Å². The normalized spacial score (nSPS) is 10.6. The summed E-state index contributed by atoms with van der Waals surface area (Å²) in [5, 5.41) is 6.41. The van der Waals surface area contributed by atoms with Crippen LogP contribution in [-0.4, -0.2) is 38.8 Å². The number of methoxy groups -OCH3 is 1. The van der Waals surface area contributed by atoms with Gasteiger partial charge in [0, 0.05) is 32.6 Å². The van der Waals surface area contributed by atoms with Crippen LogP contribution < -0.4 is 10.2 Å². The summed E-state index contributed by atoms with van der Waals surface area (Å²) in [5.41, 5.74) is 1.11.